The van der Waals surface area contributed by atoms with Gasteiger partial charge in [-0.3, -0.25) is 0 Å². The second kappa shape index (κ2) is 7.41. The molecule has 0 saturated heterocycles. The van der Waals surface area contributed by atoms with E-state index in [1.54, 1.807) is 0 Å². The smallest absolute Gasteiger partial charge is 0.223 e. The molecule has 1 aromatic rings. The second-order valence-electron chi connectivity index (χ2n) is 4.59. The highest BCUT2D eigenvalue weighted by Gasteiger charge is 2.13. The van der Waals surface area contributed by atoms with Crippen LogP contribution in [0.25, 0.3) is 0 Å². The van der Waals surface area contributed by atoms with Crippen LogP contribution in [-0.2, 0) is 0 Å². The molecule has 0 saturated carbocycles. The fourth-order valence-electron chi connectivity index (χ4n) is 1.75. The molecule has 0 unspecified atom stereocenters. The number of anilines is 3. The van der Waals surface area contributed by atoms with Gasteiger partial charge in [-0.15, -0.1) is 0 Å². The molecule has 3 N–H and O–H groups in total. The quantitative estimate of drug-likeness (QED) is 0.781. The zero-order chi connectivity index (χ0) is 14.3. The summed E-state index contributed by atoms with van der Waals surface area (Å²) < 4.78 is 0. The van der Waals surface area contributed by atoms with Crippen molar-refractivity contribution in [3.63, 3.8) is 0 Å². The lowest BCUT2D eigenvalue weighted by Crippen LogP contribution is -2.32. The monoisotopic (exact) mass is 262 g/mol. The first kappa shape index (κ1) is 15.0. The molecule has 0 aliphatic heterocycles. The molecule has 19 heavy (non-hydrogen) atoms. The van der Waals surface area contributed by atoms with Crippen LogP contribution in [0.2, 0.25) is 0 Å². The van der Waals surface area contributed by atoms with Gasteiger partial charge in [-0.05, 0) is 20.3 Å². The van der Waals surface area contributed by atoms with Crippen molar-refractivity contribution < 1.29 is 0 Å². The van der Waals surface area contributed by atoms with Gasteiger partial charge in [0.15, 0.2) is 0 Å². The van der Waals surface area contributed by atoms with Crippen LogP contribution < -0.4 is 16.0 Å². The summed E-state index contributed by atoms with van der Waals surface area (Å²) in [5.74, 6) is 1.74. The summed E-state index contributed by atoms with van der Waals surface area (Å²) in [7, 11) is 0. The van der Waals surface area contributed by atoms with Crippen LogP contribution in [0.3, 0.4) is 0 Å². The normalized spacial score (nSPS) is 10.3. The zero-order valence-corrected chi connectivity index (χ0v) is 11.8. The Kier molecular flexibility index (Phi) is 5.86. The molecule has 1 rings (SSSR count). The number of hydrogen-bond donors (Lipinski definition) is 2. The number of aromatic nitrogens is 2. The summed E-state index contributed by atoms with van der Waals surface area (Å²) in [6.45, 7) is 7.70. The molecule has 0 aromatic carbocycles. The molecule has 0 radical (unpaired) electrons. The Bertz CT molecular complexity index is 437. The number of nitriles is 1. The Labute approximate surface area is 114 Å². The highest BCUT2D eigenvalue weighted by atomic mass is 15.2. The SMILES string of the molecule is CCCNc1cc(N(CCC#N)C(C)C)nc(N)n1. The summed E-state index contributed by atoms with van der Waals surface area (Å²) in [5.41, 5.74) is 5.74. The van der Waals surface area contributed by atoms with Gasteiger partial charge in [0.2, 0.25) is 5.95 Å². The van der Waals surface area contributed by atoms with Crippen LogP contribution in [0, 0.1) is 11.3 Å². The van der Waals surface area contributed by atoms with E-state index in [0.717, 1.165) is 24.6 Å². The lowest BCUT2D eigenvalue weighted by Gasteiger charge is -2.27. The lowest BCUT2D eigenvalue weighted by atomic mass is 10.3. The van der Waals surface area contributed by atoms with Crippen molar-refractivity contribution in [3.8, 4) is 6.07 Å². The van der Waals surface area contributed by atoms with Crippen molar-refractivity contribution in [1.29, 1.82) is 5.26 Å². The highest BCUT2D eigenvalue weighted by Crippen LogP contribution is 2.19. The number of nitrogens with two attached hydrogens (primary N) is 1. The third kappa shape index (κ3) is 4.62. The van der Waals surface area contributed by atoms with Crippen molar-refractivity contribution in [2.75, 3.05) is 29.0 Å². The van der Waals surface area contributed by atoms with Gasteiger partial charge in [0.25, 0.3) is 0 Å². The first-order valence-electron chi connectivity index (χ1n) is 6.60. The molecule has 104 valence electrons. The number of hydrogen-bond acceptors (Lipinski definition) is 6. The first-order chi connectivity index (χ1) is 9.08. The third-order valence-electron chi connectivity index (χ3n) is 2.67. The number of rotatable bonds is 7. The molecule has 0 fully saturated rings. The largest absolute Gasteiger partial charge is 0.370 e. The van der Waals surface area contributed by atoms with E-state index >= 15 is 0 Å². The minimum Gasteiger partial charge on any atom is -0.370 e. The maximum Gasteiger partial charge on any atom is 0.223 e. The van der Waals surface area contributed by atoms with Gasteiger partial charge in [-0.1, -0.05) is 6.92 Å². The molecule has 0 atom stereocenters. The van der Waals surface area contributed by atoms with Gasteiger partial charge < -0.3 is 16.0 Å². The Balaban J connectivity index is 2.95. The third-order valence-corrected chi connectivity index (χ3v) is 2.67. The molecule has 0 spiro atoms. The Morgan fingerprint density at radius 3 is 2.79 bits per heavy atom. The molecule has 0 bridgehead atoms. The zero-order valence-electron chi connectivity index (χ0n) is 11.8. The molecule has 6 nitrogen and oxygen atoms in total. The van der Waals surface area contributed by atoms with Crippen LogP contribution in [0.15, 0.2) is 6.07 Å². The van der Waals surface area contributed by atoms with Gasteiger partial charge in [-0.2, -0.15) is 15.2 Å². The van der Waals surface area contributed by atoms with Gasteiger partial charge in [0.1, 0.15) is 11.6 Å². The topological polar surface area (TPSA) is 90.9 Å². The Morgan fingerprint density at radius 1 is 1.47 bits per heavy atom. The predicted molar refractivity (Wildman–Crippen MR) is 77.9 cm³/mol. The van der Waals surface area contributed by atoms with Gasteiger partial charge in [-0.25, -0.2) is 0 Å². The number of nitrogens with zero attached hydrogens (tertiary/aromatic N) is 4. The van der Waals surface area contributed by atoms with Crippen LogP contribution in [-0.4, -0.2) is 29.1 Å². The van der Waals surface area contributed by atoms with E-state index in [2.05, 4.69) is 47.0 Å². The summed E-state index contributed by atoms with van der Waals surface area (Å²) in [6, 6.07) is 4.28. The summed E-state index contributed by atoms with van der Waals surface area (Å²) in [5, 5.41) is 11.9. The maximum atomic E-state index is 8.72. The number of nitrogen functional groups attached to an aromatic ring is 1. The van der Waals surface area contributed by atoms with E-state index < -0.39 is 0 Å². The molecule has 0 aliphatic rings. The molecule has 6 heteroatoms. The molecule has 0 amide bonds. The van der Waals surface area contributed by atoms with Gasteiger partial charge >= 0.3 is 0 Å². The standard InChI is InChI=1S/C13H22N6/c1-4-7-16-11-9-12(18-13(15)17-11)19(10(2)3)8-5-6-14/h9-10H,4-5,7-8H2,1-3H3,(H3,15,16,17,18). The van der Waals surface area contributed by atoms with E-state index in [0.29, 0.717) is 13.0 Å². The van der Waals surface area contributed by atoms with Gasteiger partial charge in [0, 0.05) is 25.2 Å². The second-order valence-corrected chi connectivity index (χ2v) is 4.59. The van der Waals surface area contributed by atoms with Crippen molar-refractivity contribution in [1.82, 2.24) is 9.97 Å². The lowest BCUT2D eigenvalue weighted by molar-refractivity contribution is 0.676. The fourth-order valence-corrected chi connectivity index (χ4v) is 1.75. The highest BCUT2D eigenvalue weighted by molar-refractivity contribution is 5.53. The minimum atomic E-state index is 0.249. The summed E-state index contributed by atoms with van der Waals surface area (Å²) in [6.07, 6.45) is 1.47. The fraction of sp³-hybridized carbons (Fsp3) is 0.615. The summed E-state index contributed by atoms with van der Waals surface area (Å²) in [4.78, 5) is 10.5. The molecule has 1 aromatic heterocycles. The van der Waals surface area contributed by atoms with Crippen molar-refractivity contribution in [2.45, 2.75) is 39.7 Å². The van der Waals surface area contributed by atoms with Crippen LogP contribution in [0.4, 0.5) is 17.6 Å². The molecular formula is C13H22N6. The van der Waals surface area contributed by atoms with Gasteiger partial charge in [0.05, 0.1) is 12.5 Å². The average Bonchev–Trinajstić information content (AvgIpc) is 2.36. The first-order valence-corrected chi connectivity index (χ1v) is 6.60. The molecular weight excluding hydrogens is 240 g/mol. The van der Waals surface area contributed by atoms with Crippen molar-refractivity contribution >= 4 is 17.6 Å². The van der Waals surface area contributed by atoms with E-state index in [1.807, 2.05) is 6.07 Å². The molecule has 1 heterocycles. The maximum absolute atomic E-state index is 8.72. The van der Waals surface area contributed by atoms with Crippen LogP contribution >= 0.6 is 0 Å². The van der Waals surface area contributed by atoms with E-state index in [9.17, 15) is 0 Å². The van der Waals surface area contributed by atoms with Crippen molar-refractivity contribution in [3.05, 3.63) is 6.07 Å². The van der Waals surface area contributed by atoms with Crippen molar-refractivity contribution in [2.24, 2.45) is 0 Å². The summed E-state index contributed by atoms with van der Waals surface area (Å²) >= 11 is 0. The predicted octanol–water partition coefficient (Wildman–Crippen LogP) is 2.01. The van der Waals surface area contributed by atoms with E-state index in [1.165, 1.54) is 0 Å². The Morgan fingerprint density at radius 2 is 2.21 bits per heavy atom. The average molecular weight is 262 g/mol. The van der Waals surface area contributed by atoms with Crippen LogP contribution in [0.5, 0.6) is 0 Å². The Hall–Kier alpha value is -2.03. The van der Waals surface area contributed by atoms with E-state index in [-0.39, 0.29) is 12.0 Å². The molecule has 0 aliphatic carbocycles. The number of nitrogens with one attached hydrogen (secondary N) is 1. The van der Waals surface area contributed by atoms with Crippen LogP contribution in [0.1, 0.15) is 33.6 Å². The van der Waals surface area contributed by atoms with E-state index in [4.69, 9.17) is 11.0 Å². The minimum absolute atomic E-state index is 0.249.